The second-order valence-electron chi connectivity index (χ2n) is 5.62. The first-order valence-electron chi connectivity index (χ1n) is 7.08. The highest BCUT2D eigenvalue weighted by atomic mass is 15.1. The first-order valence-corrected chi connectivity index (χ1v) is 7.08. The van der Waals surface area contributed by atoms with Gasteiger partial charge in [-0.05, 0) is 31.4 Å². The molecular formula is C16H19N3. The number of fused-ring (bicyclic) bond motifs is 1. The third-order valence-electron chi connectivity index (χ3n) is 4.74. The molecule has 0 bridgehead atoms. The molecule has 0 spiro atoms. The SMILES string of the molecule is CCC1(c2nc3c(C#N)cccc3n2C)CCCC1. The minimum Gasteiger partial charge on any atom is -0.331 e. The standard InChI is InChI=1S/C16H19N3/c1-3-16(9-4-5-10-16)15-18-14-12(11-17)7-6-8-13(14)19(15)2/h6-8H,3-5,9-10H2,1-2H3. The Balaban J connectivity index is 2.26. The maximum Gasteiger partial charge on any atom is 0.115 e. The van der Waals surface area contributed by atoms with E-state index < -0.39 is 0 Å². The molecule has 0 radical (unpaired) electrons. The summed E-state index contributed by atoms with van der Waals surface area (Å²) >= 11 is 0. The Hall–Kier alpha value is -1.82. The van der Waals surface area contributed by atoms with Gasteiger partial charge in [0.25, 0.3) is 0 Å². The van der Waals surface area contributed by atoms with Crippen LogP contribution in [0.3, 0.4) is 0 Å². The van der Waals surface area contributed by atoms with E-state index in [0.29, 0.717) is 5.56 Å². The summed E-state index contributed by atoms with van der Waals surface area (Å²) in [6.45, 7) is 2.26. The van der Waals surface area contributed by atoms with Gasteiger partial charge in [0, 0.05) is 12.5 Å². The van der Waals surface area contributed by atoms with E-state index >= 15 is 0 Å². The topological polar surface area (TPSA) is 41.6 Å². The molecule has 1 aromatic carbocycles. The van der Waals surface area contributed by atoms with Crippen molar-refractivity contribution in [3.8, 4) is 6.07 Å². The third kappa shape index (κ3) is 1.67. The normalized spacial score (nSPS) is 17.7. The molecule has 0 N–H and O–H groups in total. The zero-order chi connectivity index (χ0) is 13.5. The Morgan fingerprint density at radius 1 is 1.37 bits per heavy atom. The molecule has 0 aliphatic heterocycles. The van der Waals surface area contributed by atoms with Gasteiger partial charge in [-0.1, -0.05) is 25.8 Å². The summed E-state index contributed by atoms with van der Waals surface area (Å²) in [5.41, 5.74) is 2.85. The molecule has 1 aromatic heterocycles. The Bertz CT molecular complexity index is 654. The molecule has 2 aromatic rings. The number of benzene rings is 1. The quantitative estimate of drug-likeness (QED) is 0.819. The minimum atomic E-state index is 0.223. The van der Waals surface area contributed by atoms with Crippen LogP contribution in [0.15, 0.2) is 18.2 Å². The summed E-state index contributed by atoms with van der Waals surface area (Å²) in [4.78, 5) is 4.85. The fourth-order valence-corrected chi connectivity index (χ4v) is 3.57. The first-order chi connectivity index (χ1) is 9.22. The highest BCUT2D eigenvalue weighted by Gasteiger charge is 2.37. The molecule has 1 heterocycles. The average molecular weight is 253 g/mol. The molecule has 19 heavy (non-hydrogen) atoms. The van der Waals surface area contributed by atoms with Gasteiger partial charge in [-0.15, -0.1) is 0 Å². The lowest BCUT2D eigenvalue weighted by Crippen LogP contribution is -2.25. The predicted molar refractivity (Wildman–Crippen MR) is 75.9 cm³/mol. The number of rotatable bonds is 2. The van der Waals surface area contributed by atoms with Crippen LogP contribution in [0.5, 0.6) is 0 Å². The predicted octanol–water partition coefficient (Wildman–Crippen LogP) is 3.67. The van der Waals surface area contributed by atoms with E-state index in [2.05, 4.69) is 30.7 Å². The lowest BCUT2D eigenvalue weighted by molar-refractivity contribution is 0.389. The molecular weight excluding hydrogens is 234 g/mol. The Labute approximate surface area is 113 Å². The van der Waals surface area contributed by atoms with Crippen LogP contribution in [0.4, 0.5) is 0 Å². The van der Waals surface area contributed by atoms with Crippen LogP contribution in [0.1, 0.15) is 50.4 Å². The molecule has 0 amide bonds. The molecule has 98 valence electrons. The van der Waals surface area contributed by atoms with Crippen molar-refractivity contribution < 1.29 is 0 Å². The number of hydrogen-bond acceptors (Lipinski definition) is 2. The molecule has 3 nitrogen and oxygen atoms in total. The monoisotopic (exact) mass is 253 g/mol. The van der Waals surface area contributed by atoms with E-state index in [1.165, 1.54) is 31.5 Å². The fourth-order valence-electron chi connectivity index (χ4n) is 3.57. The van der Waals surface area contributed by atoms with Crippen molar-refractivity contribution in [1.82, 2.24) is 9.55 Å². The number of nitrogens with zero attached hydrogens (tertiary/aromatic N) is 3. The van der Waals surface area contributed by atoms with Crippen LogP contribution in [0, 0.1) is 11.3 Å². The Morgan fingerprint density at radius 3 is 2.74 bits per heavy atom. The van der Waals surface area contributed by atoms with Crippen LogP contribution in [0.2, 0.25) is 0 Å². The second-order valence-corrected chi connectivity index (χ2v) is 5.62. The van der Waals surface area contributed by atoms with Crippen molar-refractivity contribution in [1.29, 1.82) is 5.26 Å². The Kier molecular flexibility index (Phi) is 2.82. The van der Waals surface area contributed by atoms with Crippen molar-refractivity contribution in [3.63, 3.8) is 0 Å². The molecule has 1 saturated carbocycles. The van der Waals surface area contributed by atoms with Crippen LogP contribution in [-0.2, 0) is 12.5 Å². The van der Waals surface area contributed by atoms with Crippen LogP contribution < -0.4 is 0 Å². The van der Waals surface area contributed by atoms with Crippen molar-refractivity contribution in [3.05, 3.63) is 29.6 Å². The maximum atomic E-state index is 9.22. The number of hydrogen-bond donors (Lipinski definition) is 0. The van der Waals surface area contributed by atoms with Gasteiger partial charge in [-0.3, -0.25) is 0 Å². The fraction of sp³-hybridized carbons (Fsp3) is 0.500. The van der Waals surface area contributed by atoms with Gasteiger partial charge >= 0.3 is 0 Å². The highest BCUT2D eigenvalue weighted by molar-refractivity contribution is 5.82. The summed E-state index contributed by atoms with van der Waals surface area (Å²) in [7, 11) is 2.08. The molecule has 3 heteroatoms. The lowest BCUT2D eigenvalue weighted by Gasteiger charge is -2.26. The molecule has 1 aliphatic carbocycles. The van der Waals surface area contributed by atoms with E-state index in [9.17, 15) is 5.26 Å². The number of aryl methyl sites for hydroxylation is 1. The summed E-state index contributed by atoms with van der Waals surface area (Å²) < 4.78 is 2.20. The van der Waals surface area contributed by atoms with Crippen molar-refractivity contribution in [2.45, 2.75) is 44.4 Å². The highest BCUT2D eigenvalue weighted by Crippen LogP contribution is 2.43. The number of imidazole rings is 1. The zero-order valence-electron chi connectivity index (χ0n) is 11.6. The van der Waals surface area contributed by atoms with Gasteiger partial charge in [-0.25, -0.2) is 4.98 Å². The van der Waals surface area contributed by atoms with Gasteiger partial charge in [0.1, 0.15) is 17.4 Å². The van der Waals surface area contributed by atoms with Crippen molar-refractivity contribution in [2.75, 3.05) is 0 Å². The zero-order valence-corrected chi connectivity index (χ0v) is 11.6. The molecule has 0 saturated heterocycles. The van der Waals surface area contributed by atoms with E-state index in [1.807, 2.05) is 12.1 Å². The Morgan fingerprint density at radius 2 is 2.11 bits per heavy atom. The summed E-state index contributed by atoms with van der Waals surface area (Å²) in [6.07, 6.45) is 6.17. The number of nitriles is 1. The molecule has 3 rings (SSSR count). The molecule has 1 aliphatic rings. The lowest BCUT2D eigenvalue weighted by atomic mass is 9.82. The van der Waals surface area contributed by atoms with Gasteiger partial charge in [0.2, 0.25) is 0 Å². The van der Waals surface area contributed by atoms with Gasteiger partial charge < -0.3 is 4.57 Å². The largest absolute Gasteiger partial charge is 0.331 e. The summed E-state index contributed by atoms with van der Waals surface area (Å²) in [5, 5.41) is 9.22. The maximum absolute atomic E-state index is 9.22. The minimum absolute atomic E-state index is 0.223. The summed E-state index contributed by atoms with van der Waals surface area (Å²) in [5.74, 6) is 1.17. The van der Waals surface area contributed by atoms with E-state index in [0.717, 1.165) is 17.5 Å². The molecule has 1 fully saturated rings. The van der Waals surface area contributed by atoms with E-state index in [4.69, 9.17) is 4.98 Å². The van der Waals surface area contributed by atoms with E-state index in [-0.39, 0.29) is 5.41 Å². The summed E-state index contributed by atoms with van der Waals surface area (Å²) in [6, 6.07) is 8.11. The second kappa shape index (κ2) is 4.38. The van der Waals surface area contributed by atoms with Crippen LogP contribution >= 0.6 is 0 Å². The van der Waals surface area contributed by atoms with Gasteiger partial charge in [0.05, 0.1) is 11.1 Å². The average Bonchev–Trinajstić information content (AvgIpc) is 3.05. The van der Waals surface area contributed by atoms with E-state index in [1.54, 1.807) is 0 Å². The van der Waals surface area contributed by atoms with Gasteiger partial charge in [-0.2, -0.15) is 5.26 Å². The smallest absolute Gasteiger partial charge is 0.115 e. The van der Waals surface area contributed by atoms with Crippen LogP contribution in [0.25, 0.3) is 11.0 Å². The van der Waals surface area contributed by atoms with Crippen LogP contribution in [-0.4, -0.2) is 9.55 Å². The molecule has 0 unspecified atom stereocenters. The van der Waals surface area contributed by atoms with Crippen molar-refractivity contribution >= 4 is 11.0 Å². The first kappa shape index (κ1) is 12.2. The van der Waals surface area contributed by atoms with Gasteiger partial charge in [0.15, 0.2) is 0 Å². The number of para-hydroxylation sites is 1. The van der Waals surface area contributed by atoms with Crippen molar-refractivity contribution in [2.24, 2.45) is 7.05 Å². The number of aromatic nitrogens is 2. The molecule has 0 atom stereocenters. The third-order valence-corrected chi connectivity index (χ3v) is 4.74.